The Bertz CT molecular complexity index is 152. The van der Waals surface area contributed by atoms with Crippen molar-refractivity contribution in [2.75, 3.05) is 26.4 Å². The first-order valence-electron chi connectivity index (χ1n) is 5.34. The summed E-state index contributed by atoms with van der Waals surface area (Å²) in [5, 5.41) is 0. The van der Waals surface area contributed by atoms with Gasteiger partial charge in [0.15, 0.2) is 0 Å². The summed E-state index contributed by atoms with van der Waals surface area (Å²) in [5.74, 6) is 0.101. The van der Waals surface area contributed by atoms with Gasteiger partial charge in [-0.1, -0.05) is 5.82 Å². The number of ether oxygens (including phenoxy) is 3. The molecule has 1 aliphatic rings. The predicted octanol–water partition coefficient (Wildman–Crippen LogP) is 1.17. The van der Waals surface area contributed by atoms with Crippen LogP contribution in [0.25, 0.3) is 0 Å². The van der Waals surface area contributed by atoms with E-state index in [9.17, 15) is 0 Å². The van der Waals surface area contributed by atoms with Gasteiger partial charge in [0, 0.05) is 19.8 Å². The summed E-state index contributed by atoms with van der Waals surface area (Å²) in [7, 11) is 5.80. The van der Waals surface area contributed by atoms with Gasteiger partial charge in [0.2, 0.25) is 0 Å². The average Bonchev–Trinajstić information content (AvgIpc) is 2.17. The first-order chi connectivity index (χ1) is 6.77. The summed E-state index contributed by atoms with van der Waals surface area (Å²) in [6.07, 6.45) is 1.01. The van der Waals surface area contributed by atoms with Gasteiger partial charge in [-0.25, -0.2) is 0 Å². The van der Waals surface area contributed by atoms with E-state index in [1.54, 1.807) is 0 Å². The third-order valence-electron chi connectivity index (χ3n) is 2.34. The van der Waals surface area contributed by atoms with Crippen LogP contribution < -0.4 is 0 Å². The van der Waals surface area contributed by atoms with Crippen LogP contribution in [-0.4, -0.2) is 46.5 Å². The molecule has 0 aliphatic carbocycles. The Labute approximate surface area is 87.5 Å². The summed E-state index contributed by atoms with van der Waals surface area (Å²) >= 11 is 0. The van der Waals surface area contributed by atoms with Gasteiger partial charge in [-0.15, -0.1) is 0 Å². The van der Waals surface area contributed by atoms with E-state index in [0.717, 1.165) is 6.42 Å². The fraction of sp³-hybridized carbons (Fsp3) is 1.00. The van der Waals surface area contributed by atoms with Crippen LogP contribution in [0.3, 0.4) is 0 Å². The maximum Gasteiger partial charge on any atom is 0.107 e. The van der Waals surface area contributed by atoms with E-state index in [1.165, 1.54) is 0 Å². The molecule has 1 saturated heterocycles. The molecule has 1 unspecified atom stereocenters. The second kappa shape index (κ2) is 6.43. The van der Waals surface area contributed by atoms with E-state index >= 15 is 0 Å². The molecule has 1 fully saturated rings. The lowest BCUT2D eigenvalue weighted by Crippen LogP contribution is -2.41. The highest BCUT2D eigenvalue weighted by atomic mass is 16.6. The Kier molecular flexibility index (Phi) is 5.52. The van der Waals surface area contributed by atoms with Crippen molar-refractivity contribution >= 4 is 7.85 Å². The summed E-state index contributed by atoms with van der Waals surface area (Å²) in [6, 6.07) is 0. The molecule has 0 spiro atoms. The van der Waals surface area contributed by atoms with Gasteiger partial charge in [-0.3, -0.25) is 0 Å². The molecule has 0 amide bonds. The van der Waals surface area contributed by atoms with E-state index in [0.29, 0.717) is 26.4 Å². The molecule has 0 saturated carbocycles. The van der Waals surface area contributed by atoms with E-state index in [-0.39, 0.29) is 18.0 Å². The molecule has 2 radical (unpaired) electrons. The molecule has 0 aromatic heterocycles. The SMILES string of the molecule is [B][C@@H]1CO[C@H](COCC)C(OCC)C1. The monoisotopic (exact) mass is 198 g/mol. The molecule has 0 bridgehead atoms. The van der Waals surface area contributed by atoms with Crippen molar-refractivity contribution in [1.29, 1.82) is 0 Å². The van der Waals surface area contributed by atoms with E-state index in [4.69, 9.17) is 22.1 Å². The minimum Gasteiger partial charge on any atom is -0.379 e. The van der Waals surface area contributed by atoms with Gasteiger partial charge in [-0.05, 0) is 20.3 Å². The first-order valence-corrected chi connectivity index (χ1v) is 5.34. The smallest absolute Gasteiger partial charge is 0.107 e. The second-order valence-corrected chi connectivity index (χ2v) is 3.52. The molecule has 0 aromatic rings. The van der Waals surface area contributed by atoms with Crippen molar-refractivity contribution in [3.05, 3.63) is 0 Å². The van der Waals surface area contributed by atoms with Gasteiger partial charge in [0.25, 0.3) is 0 Å². The summed E-state index contributed by atoms with van der Waals surface area (Å²) in [5.41, 5.74) is 0. The van der Waals surface area contributed by atoms with Crippen molar-refractivity contribution in [1.82, 2.24) is 0 Å². The van der Waals surface area contributed by atoms with Crippen LogP contribution in [0.4, 0.5) is 0 Å². The van der Waals surface area contributed by atoms with Gasteiger partial charge < -0.3 is 14.2 Å². The average molecular weight is 198 g/mol. The van der Waals surface area contributed by atoms with Crippen molar-refractivity contribution in [2.24, 2.45) is 0 Å². The summed E-state index contributed by atoms with van der Waals surface area (Å²) < 4.78 is 16.5. The van der Waals surface area contributed by atoms with Gasteiger partial charge in [0.05, 0.1) is 20.6 Å². The van der Waals surface area contributed by atoms with Crippen LogP contribution in [0.2, 0.25) is 5.82 Å². The van der Waals surface area contributed by atoms with Crippen molar-refractivity contribution in [3.63, 3.8) is 0 Å². The molecule has 80 valence electrons. The number of rotatable bonds is 5. The molecule has 3 nitrogen and oxygen atoms in total. The highest BCUT2D eigenvalue weighted by Gasteiger charge is 2.29. The molecule has 14 heavy (non-hydrogen) atoms. The van der Waals surface area contributed by atoms with Crippen LogP contribution in [0, 0.1) is 0 Å². The summed E-state index contributed by atoms with van der Waals surface area (Å²) in [4.78, 5) is 0. The Balaban J connectivity index is 2.36. The lowest BCUT2D eigenvalue weighted by molar-refractivity contribution is -0.127. The second-order valence-electron chi connectivity index (χ2n) is 3.52. The molecular weight excluding hydrogens is 179 g/mol. The molecule has 1 rings (SSSR count). The van der Waals surface area contributed by atoms with Crippen LogP contribution in [0.15, 0.2) is 0 Å². The Morgan fingerprint density at radius 1 is 1.36 bits per heavy atom. The third-order valence-corrected chi connectivity index (χ3v) is 2.34. The highest BCUT2D eigenvalue weighted by molar-refractivity contribution is 6.11. The lowest BCUT2D eigenvalue weighted by atomic mass is 9.80. The first kappa shape index (κ1) is 12.0. The van der Waals surface area contributed by atoms with E-state index in [1.807, 2.05) is 13.8 Å². The van der Waals surface area contributed by atoms with E-state index < -0.39 is 0 Å². The molecule has 4 heteroatoms. The molecule has 1 aliphatic heterocycles. The van der Waals surface area contributed by atoms with Crippen molar-refractivity contribution < 1.29 is 14.2 Å². The maximum absolute atomic E-state index is 5.80. The van der Waals surface area contributed by atoms with Gasteiger partial charge in [-0.2, -0.15) is 0 Å². The summed E-state index contributed by atoms with van der Waals surface area (Å²) in [6.45, 7) is 6.59. The highest BCUT2D eigenvalue weighted by Crippen LogP contribution is 2.24. The lowest BCUT2D eigenvalue weighted by Gasteiger charge is -2.34. The molecule has 0 N–H and O–H groups in total. The Morgan fingerprint density at radius 2 is 2.14 bits per heavy atom. The molecule has 0 aromatic carbocycles. The quantitative estimate of drug-likeness (QED) is 0.620. The van der Waals surface area contributed by atoms with Crippen molar-refractivity contribution in [2.45, 2.75) is 38.3 Å². The minimum absolute atomic E-state index is 0.0506. The topological polar surface area (TPSA) is 27.7 Å². The zero-order valence-corrected chi connectivity index (χ0v) is 9.07. The van der Waals surface area contributed by atoms with Gasteiger partial charge >= 0.3 is 0 Å². The normalized spacial score (nSPS) is 33.1. The predicted molar refractivity (Wildman–Crippen MR) is 55.8 cm³/mol. The van der Waals surface area contributed by atoms with Crippen LogP contribution in [-0.2, 0) is 14.2 Å². The van der Waals surface area contributed by atoms with Gasteiger partial charge in [0.1, 0.15) is 6.10 Å². The molecule has 3 atom stereocenters. The van der Waals surface area contributed by atoms with E-state index in [2.05, 4.69) is 0 Å². The van der Waals surface area contributed by atoms with Crippen LogP contribution in [0.5, 0.6) is 0 Å². The standard InChI is InChI=1S/C10H19BO3/c1-3-12-7-10-9(13-4-2)5-8(11)6-14-10/h8-10H,3-7H2,1-2H3/t8-,9?,10+/m0/s1. The molecular formula is C10H19BO3. The van der Waals surface area contributed by atoms with Crippen LogP contribution in [0.1, 0.15) is 20.3 Å². The zero-order chi connectivity index (χ0) is 10.4. The molecule has 1 heterocycles. The van der Waals surface area contributed by atoms with Crippen LogP contribution >= 0.6 is 0 Å². The zero-order valence-electron chi connectivity index (χ0n) is 9.07. The Morgan fingerprint density at radius 3 is 2.79 bits per heavy atom. The maximum atomic E-state index is 5.80. The fourth-order valence-electron chi connectivity index (χ4n) is 1.65. The third kappa shape index (κ3) is 3.60. The number of hydrogen-bond donors (Lipinski definition) is 0. The fourth-order valence-corrected chi connectivity index (χ4v) is 1.65. The Hall–Kier alpha value is -0.0551. The minimum atomic E-state index is 0.0506. The van der Waals surface area contributed by atoms with Crippen molar-refractivity contribution in [3.8, 4) is 0 Å². The number of hydrogen-bond acceptors (Lipinski definition) is 3. The largest absolute Gasteiger partial charge is 0.379 e.